The molecular formula is C14H19N3OS. The summed E-state index contributed by atoms with van der Waals surface area (Å²) in [5.41, 5.74) is 9.24. The summed E-state index contributed by atoms with van der Waals surface area (Å²) in [6, 6.07) is 2.54. The molecule has 0 saturated carbocycles. The fraction of sp³-hybridized carbons (Fsp3) is 0.571. The van der Waals surface area contributed by atoms with E-state index < -0.39 is 0 Å². The number of nitrogens with one attached hydrogen (secondary N) is 1. The number of fused-ring (bicyclic) bond motifs is 1. The van der Waals surface area contributed by atoms with Crippen LogP contribution in [0.3, 0.4) is 0 Å². The Balaban J connectivity index is 1.87. The first kappa shape index (κ1) is 12.8. The molecule has 3 rings (SSSR count). The molecule has 0 unspecified atom stereocenters. The number of hydrogen-bond donors (Lipinski definition) is 2. The SMILES string of the molecule is NC(=S)c1cc2c(nc1NC1CCOCC1)CCC2. The number of pyridine rings is 1. The van der Waals surface area contributed by atoms with Gasteiger partial charge in [-0.3, -0.25) is 0 Å². The maximum atomic E-state index is 5.84. The minimum Gasteiger partial charge on any atom is -0.389 e. The predicted molar refractivity (Wildman–Crippen MR) is 79.6 cm³/mol. The lowest BCUT2D eigenvalue weighted by molar-refractivity contribution is 0.0904. The van der Waals surface area contributed by atoms with E-state index in [4.69, 9.17) is 27.7 Å². The number of anilines is 1. The van der Waals surface area contributed by atoms with Gasteiger partial charge in [0.25, 0.3) is 0 Å². The lowest BCUT2D eigenvalue weighted by Crippen LogP contribution is -2.29. The molecule has 1 fully saturated rings. The third kappa shape index (κ3) is 2.72. The van der Waals surface area contributed by atoms with Crippen molar-refractivity contribution >= 4 is 23.0 Å². The van der Waals surface area contributed by atoms with Gasteiger partial charge in [0.05, 0.1) is 5.56 Å². The van der Waals surface area contributed by atoms with Gasteiger partial charge in [-0.2, -0.15) is 0 Å². The van der Waals surface area contributed by atoms with E-state index in [1.807, 2.05) is 0 Å². The van der Waals surface area contributed by atoms with Crippen LogP contribution < -0.4 is 11.1 Å². The quantitative estimate of drug-likeness (QED) is 0.825. The Morgan fingerprint density at radius 2 is 2.16 bits per heavy atom. The fourth-order valence-corrected chi connectivity index (χ4v) is 2.96. The maximum Gasteiger partial charge on any atom is 0.136 e. The van der Waals surface area contributed by atoms with Crippen LogP contribution in [0.2, 0.25) is 0 Å². The van der Waals surface area contributed by atoms with Crippen molar-refractivity contribution in [2.24, 2.45) is 5.73 Å². The zero-order valence-corrected chi connectivity index (χ0v) is 11.8. The molecule has 1 saturated heterocycles. The Bertz CT molecular complexity index is 498. The first-order valence-electron chi connectivity index (χ1n) is 6.91. The number of rotatable bonds is 3. The zero-order valence-electron chi connectivity index (χ0n) is 10.9. The molecule has 0 spiro atoms. The Kier molecular flexibility index (Phi) is 3.66. The minimum absolute atomic E-state index is 0.411. The number of aryl methyl sites for hydroxylation is 2. The number of nitrogens with zero attached hydrogens (tertiary/aromatic N) is 1. The standard InChI is InChI=1S/C14H19N3OS/c15-13(19)11-8-9-2-1-3-12(9)17-14(11)16-10-4-6-18-7-5-10/h8,10H,1-7H2,(H2,15,19)(H,16,17). The lowest BCUT2D eigenvalue weighted by atomic mass is 10.1. The van der Waals surface area contributed by atoms with Crippen LogP contribution in [-0.4, -0.2) is 29.2 Å². The van der Waals surface area contributed by atoms with Gasteiger partial charge < -0.3 is 15.8 Å². The van der Waals surface area contributed by atoms with Gasteiger partial charge in [0.1, 0.15) is 10.8 Å². The van der Waals surface area contributed by atoms with Crippen LogP contribution in [0.1, 0.15) is 36.1 Å². The highest BCUT2D eigenvalue weighted by molar-refractivity contribution is 7.80. The second-order valence-corrected chi connectivity index (χ2v) is 5.68. The van der Waals surface area contributed by atoms with Crippen LogP contribution >= 0.6 is 12.2 Å². The van der Waals surface area contributed by atoms with Crippen LogP contribution in [0.15, 0.2) is 6.07 Å². The van der Waals surface area contributed by atoms with E-state index in [1.54, 1.807) is 0 Å². The van der Waals surface area contributed by atoms with Crippen molar-refractivity contribution in [3.63, 3.8) is 0 Å². The van der Waals surface area contributed by atoms with Crippen molar-refractivity contribution in [1.29, 1.82) is 0 Å². The van der Waals surface area contributed by atoms with Crippen molar-refractivity contribution < 1.29 is 4.74 Å². The molecule has 0 atom stereocenters. The first-order chi connectivity index (χ1) is 9.24. The van der Waals surface area contributed by atoms with Gasteiger partial charge in [-0.15, -0.1) is 0 Å². The first-order valence-corrected chi connectivity index (χ1v) is 7.32. The van der Waals surface area contributed by atoms with Gasteiger partial charge in [-0.1, -0.05) is 12.2 Å². The summed E-state index contributed by atoms with van der Waals surface area (Å²) in [7, 11) is 0. The normalized spacial score (nSPS) is 19.2. The molecule has 19 heavy (non-hydrogen) atoms. The van der Waals surface area contributed by atoms with E-state index in [1.165, 1.54) is 17.7 Å². The summed E-state index contributed by atoms with van der Waals surface area (Å²) >= 11 is 5.16. The molecule has 1 aromatic rings. The third-order valence-electron chi connectivity index (χ3n) is 3.88. The van der Waals surface area contributed by atoms with Gasteiger partial charge in [-0.05, 0) is 43.7 Å². The Hall–Kier alpha value is -1.20. The van der Waals surface area contributed by atoms with Crippen LogP contribution in [0, 0.1) is 0 Å². The Morgan fingerprint density at radius 3 is 2.89 bits per heavy atom. The average molecular weight is 277 g/mol. The topological polar surface area (TPSA) is 60.2 Å². The van der Waals surface area contributed by atoms with Gasteiger partial charge in [0.15, 0.2) is 0 Å². The summed E-state index contributed by atoms with van der Waals surface area (Å²) < 4.78 is 5.38. The molecule has 2 aliphatic rings. The minimum atomic E-state index is 0.411. The summed E-state index contributed by atoms with van der Waals surface area (Å²) in [5, 5.41) is 3.50. The molecule has 0 amide bonds. The number of nitrogens with two attached hydrogens (primary N) is 1. The molecular weight excluding hydrogens is 258 g/mol. The largest absolute Gasteiger partial charge is 0.389 e. The third-order valence-corrected chi connectivity index (χ3v) is 4.10. The molecule has 1 aliphatic carbocycles. The van der Waals surface area contributed by atoms with E-state index in [2.05, 4.69) is 11.4 Å². The Morgan fingerprint density at radius 1 is 1.37 bits per heavy atom. The van der Waals surface area contributed by atoms with E-state index in [0.29, 0.717) is 11.0 Å². The molecule has 4 nitrogen and oxygen atoms in total. The van der Waals surface area contributed by atoms with Crippen LogP contribution in [0.5, 0.6) is 0 Å². The summed E-state index contributed by atoms with van der Waals surface area (Å²) in [6.45, 7) is 1.62. The highest BCUT2D eigenvalue weighted by Crippen LogP contribution is 2.26. The van der Waals surface area contributed by atoms with Crippen molar-refractivity contribution in [2.45, 2.75) is 38.1 Å². The van der Waals surface area contributed by atoms with Crippen molar-refractivity contribution in [3.8, 4) is 0 Å². The number of ether oxygens (including phenoxy) is 1. The number of thiocarbonyl (C=S) groups is 1. The highest BCUT2D eigenvalue weighted by Gasteiger charge is 2.20. The van der Waals surface area contributed by atoms with E-state index >= 15 is 0 Å². The van der Waals surface area contributed by atoms with Crippen molar-refractivity contribution in [1.82, 2.24) is 4.98 Å². The van der Waals surface area contributed by atoms with Crippen LogP contribution in [0.25, 0.3) is 0 Å². The van der Waals surface area contributed by atoms with E-state index in [0.717, 1.165) is 50.3 Å². The maximum absolute atomic E-state index is 5.84. The van der Waals surface area contributed by atoms with E-state index in [9.17, 15) is 0 Å². The summed E-state index contributed by atoms with van der Waals surface area (Å²) in [4.78, 5) is 5.18. The predicted octanol–water partition coefficient (Wildman–Crippen LogP) is 1.80. The van der Waals surface area contributed by atoms with Crippen molar-refractivity contribution in [2.75, 3.05) is 18.5 Å². The second-order valence-electron chi connectivity index (χ2n) is 5.24. The molecule has 5 heteroatoms. The summed E-state index contributed by atoms with van der Waals surface area (Å²) in [6.07, 6.45) is 5.36. The van der Waals surface area contributed by atoms with Crippen LogP contribution in [0.4, 0.5) is 5.82 Å². The molecule has 0 bridgehead atoms. The van der Waals surface area contributed by atoms with Gasteiger partial charge in [0, 0.05) is 24.9 Å². The van der Waals surface area contributed by atoms with E-state index in [-0.39, 0.29) is 0 Å². The van der Waals surface area contributed by atoms with Gasteiger partial charge in [-0.25, -0.2) is 4.98 Å². The zero-order chi connectivity index (χ0) is 13.2. The van der Waals surface area contributed by atoms with Gasteiger partial charge in [0.2, 0.25) is 0 Å². The monoisotopic (exact) mass is 277 g/mol. The van der Waals surface area contributed by atoms with Crippen LogP contribution in [-0.2, 0) is 17.6 Å². The van der Waals surface area contributed by atoms with Gasteiger partial charge >= 0.3 is 0 Å². The fourth-order valence-electron chi connectivity index (χ4n) is 2.81. The second kappa shape index (κ2) is 5.43. The molecule has 2 heterocycles. The summed E-state index contributed by atoms with van der Waals surface area (Å²) in [5.74, 6) is 0.861. The number of aromatic nitrogens is 1. The molecule has 1 aromatic heterocycles. The lowest BCUT2D eigenvalue weighted by Gasteiger charge is -2.25. The van der Waals surface area contributed by atoms with Crippen molar-refractivity contribution in [3.05, 3.63) is 22.9 Å². The number of hydrogen-bond acceptors (Lipinski definition) is 4. The average Bonchev–Trinajstić information content (AvgIpc) is 2.86. The Labute approximate surface area is 118 Å². The molecule has 102 valence electrons. The molecule has 0 radical (unpaired) electrons. The molecule has 0 aromatic carbocycles. The molecule has 3 N–H and O–H groups in total. The highest BCUT2D eigenvalue weighted by atomic mass is 32.1. The molecule has 1 aliphatic heterocycles. The smallest absolute Gasteiger partial charge is 0.136 e.